The van der Waals surface area contributed by atoms with Gasteiger partial charge in [0.15, 0.2) is 17.5 Å². The summed E-state index contributed by atoms with van der Waals surface area (Å²) in [6, 6.07) is 11.4. The lowest BCUT2D eigenvalue weighted by Gasteiger charge is -2.16. The number of nitrogens with one attached hydrogen (secondary N) is 1. The quantitative estimate of drug-likeness (QED) is 0.333. The third-order valence-corrected chi connectivity index (χ3v) is 3.68. The summed E-state index contributed by atoms with van der Waals surface area (Å²) in [6.07, 6.45) is 0.506. The Kier molecular flexibility index (Phi) is 9.70. The van der Waals surface area contributed by atoms with Crippen LogP contribution in [0.1, 0.15) is 13.3 Å². The lowest BCUT2D eigenvalue weighted by molar-refractivity contribution is 0.205. The summed E-state index contributed by atoms with van der Waals surface area (Å²) in [5.41, 5.74) is 6.66. The van der Waals surface area contributed by atoms with Crippen molar-refractivity contribution in [3.8, 4) is 17.2 Å². The first kappa shape index (κ1) is 22.8. The highest BCUT2D eigenvalue weighted by Gasteiger charge is 2.09. The van der Waals surface area contributed by atoms with E-state index in [4.69, 9.17) is 19.9 Å². The summed E-state index contributed by atoms with van der Waals surface area (Å²) in [6.45, 7) is 2.32. The van der Waals surface area contributed by atoms with Gasteiger partial charge in [-0.15, -0.1) is 24.0 Å². The van der Waals surface area contributed by atoms with Crippen LogP contribution in [0.25, 0.3) is 0 Å². The minimum atomic E-state index is -0.338. The number of nitrogens with zero attached hydrogens (tertiary/aromatic N) is 1. The summed E-state index contributed by atoms with van der Waals surface area (Å²) in [5, 5.41) is 3.00. The van der Waals surface area contributed by atoms with Crippen molar-refractivity contribution in [2.45, 2.75) is 19.4 Å². The van der Waals surface area contributed by atoms with Gasteiger partial charge in [0, 0.05) is 17.8 Å². The highest BCUT2D eigenvalue weighted by molar-refractivity contribution is 14.0. The van der Waals surface area contributed by atoms with Crippen LogP contribution in [0.4, 0.5) is 10.1 Å². The largest absolute Gasteiger partial charge is 0.493 e. The fraction of sp³-hybridized carbons (Fsp3) is 0.316. The normalized spacial score (nSPS) is 11.9. The highest BCUT2D eigenvalue weighted by atomic mass is 127. The summed E-state index contributed by atoms with van der Waals surface area (Å²) < 4.78 is 29.4. The average Bonchev–Trinajstić information content (AvgIpc) is 2.65. The Hall–Kier alpha value is -2.23. The topological polar surface area (TPSA) is 78.1 Å². The van der Waals surface area contributed by atoms with E-state index in [1.54, 1.807) is 38.5 Å². The zero-order valence-corrected chi connectivity index (χ0v) is 17.9. The molecule has 0 bridgehead atoms. The van der Waals surface area contributed by atoms with E-state index in [0.717, 1.165) is 5.69 Å². The first-order chi connectivity index (χ1) is 12.5. The van der Waals surface area contributed by atoms with Crippen molar-refractivity contribution >= 4 is 35.6 Å². The Bertz CT molecular complexity index is 759. The van der Waals surface area contributed by atoms with E-state index in [9.17, 15) is 4.39 Å². The number of nitrogens with two attached hydrogens (primary N) is 1. The predicted molar refractivity (Wildman–Crippen MR) is 116 cm³/mol. The van der Waals surface area contributed by atoms with Crippen molar-refractivity contribution in [2.75, 3.05) is 26.1 Å². The molecule has 2 rings (SSSR count). The minimum Gasteiger partial charge on any atom is -0.493 e. The van der Waals surface area contributed by atoms with Gasteiger partial charge in [0.2, 0.25) is 0 Å². The number of halogens is 2. The van der Waals surface area contributed by atoms with Crippen LogP contribution < -0.4 is 25.3 Å². The molecule has 2 aromatic rings. The van der Waals surface area contributed by atoms with Gasteiger partial charge >= 0.3 is 0 Å². The van der Waals surface area contributed by atoms with Gasteiger partial charge in [-0.1, -0.05) is 13.0 Å². The van der Waals surface area contributed by atoms with Gasteiger partial charge in [-0.3, -0.25) is 0 Å². The van der Waals surface area contributed by atoms with Crippen LogP contribution in [0.3, 0.4) is 0 Å². The molecule has 6 nitrogen and oxygen atoms in total. The molecule has 8 heteroatoms. The van der Waals surface area contributed by atoms with Crippen molar-refractivity contribution in [1.82, 2.24) is 0 Å². The molecule has 0 fully saturated rings. The average molecular weight is 489 g/mol. The van der Waals surface area contributed by atoms with Crippen LogP contribution in [-0.4, -0.2) is 32.8 Å². The first-order valence-corrected chi connectivity index (χ1v) is 8.27. The zero-order valence-electron chi connectivity index (χ0n) is 15.6. The molecule has 148 valence electrons. The molecule has 0 aromatic heterocycles. The number of anilines is 1. The van der Waals surface area contributed by atoms with E-state index < -0.39 is 0 Å². The van der Waals surface area contributed by atoms with Crippen LogP contribution in [0.2, 0.25) is 0 Å². The predicted octanol–water partition coefficient (Wildman–Crippen LogP) is 4.05. The second-order valence-corrected chi connectivity index (χ2v) is 5.53. The number of guanidine groups is 1. The Morgan fingerprint density at radius 1 is 1.15 bits per heavy atom. The number of hydrogen-bond acceptors (Lipinski definition) is 4. The summed E-state index contributed by atoms with van der Waals surface area (Å²) in [4.78, 5) is 4.30. The smallest absolute Gasteiger partial charge is 0.193 e. The van der Waals surface area contributed by atoms with Crippen molar-refractivity contribution in [2.24, 2.45) is 10.7 Å². The fourth-order valence-electron chi connectivity index (χ4n) is 2.28. The molecule has 0 amide bonds. The van der Waals surface area contributed by atoms with E-state index in [1.165, 1.54) is 12.1 Å². The van der Waals surface area contributed by atoms with Crippen molar-refractivity contribution < 1.29 is 18.6 Å². The SMILES string of the molecule is CCC(CN=C(N)Nc1ccc(OC)c(OC)c1)Oc1cccc(F)c1.I. The molecule has 1 unspecified atom stereocenters. The summed E-state index contributed by atoms with van der Waals surface area (Å²) >= 11 is 0. The number of benzene rings is 2. The Balaban J connectivity index is 0.00000364. The molecule has 0 aliphatic carbocycles. The second-order valence-electron chi connectivity index (χ2n) is 5.53. The Morgan fingerprint density at radius 2 is 1.89 bits per heavy atom. The number of rotatable bonds is 8. The molecule has 0 saturated carbocycles. The maximum atomic E-state index is 13.2. The van der Waals surface area contributed by atoms with E-state index in [0.29, 0.717) is 30.2 Å². The van der Waals surface area contributed by atoms with E-state index in [2.05, 4.69) is 10.3 Å². The maximum absolute atomic E-state index is 13.2. The number of methoxy groups -OCH3 is 2. The van der Waals surface area contributed by atoms with Gasteiger partial charge in [-0.25, -0.2) is 9.38 Å². The summed E-state index contributed by atoms with van der Waals surface area (Å²) in [7, 11) is 3.14. The molecule has 0 saturated heterocycles. The third kappa shape index (κ3) is 7.12. The van der Waals surface area contributed by atoms with Gasteiger partial charge in [-0.2, -0.15) is 0 Å². The van der Waals surface area contributed by atoms with Crippen molar-refractivity contribution in [3.63, 3.8) is 0 Å². The molecule has 0 aliphatic heterocycles. The van der Waals surface area contributed by atoms with Crippen molar-refractivity contribution in [1.29, 1.82) is 0 Å². The minimum absolute atomic E-state index is 0. The van der Waals surface area contributed by atoms with E-state index in [-0.39, 0.29) is 41.9 Å². The Labute approximate surface area is 175 Å². The van der Waals surface area contributed by atoms with Gasteiger partial charge in [0.25, 0.3) is 0 Å². The van der Waals surface area contributed by atoms with Crippen LogP contribution >= 0.6 is 24.0 Å². The maximum Gasteiger partial charge on any atom is 0.193 e. The van der Waals surface area contributed by atoms with E-state index in [1.807, 2.05) is 13.0 Å². The molecular weight excluding hydrogens is 464 g/mol. The molecule has 2 aromatic carbocycles. The molecule has 1 atom stereocenters. The lowest BCUT2D eigenvalue weighted by atomic mass is 10.2. The number of ether oxygens (including phenoxy) is 3. The van der Waals surface area contributed by atoms with Gasteiger partial charge < -0.3 is 25.3 Å². The molecule has 0 heterocycles. The first-order valence-electron chi connectivity index (χ1n) is 8.27. The summed E-state index contributed by atoms with van der Waals surface area (Å²) in [5.74, 6) is 1.60. The van der Waals surface area contributed by atoms with Crippen LogP contribution in [-0.2, 0) is 0 Å². The fourth-order valence-corrected chi connectivity index (χ4v) is 2.28. The number of aliphatic imine (C=N–C) groups is 1. The molecule has 0 aliphatic rings. The standard InChI is InChI=1S/C19H24FN3O3.HI/c1-4-15(26-16-7-5-6-13(20)10-16)12-22-19(21)23-14-8-9-17(24-2)18(11-14)25-3;/h5-11,15H,4,12H2,1-3H3,(H3,21,22,23);1H. The highest BCUT2D eigenvalue weighted by Crippen LogP contribution is 2.29. The number of hydrogen-bond donors (Lipinski definition) is 2. The van der Waals surface area contributed by atoms with Crippen LogP contribution in [0.15, 0.2) is 47.5 Å². The molecule has 0 spiro atoms. The second kappa shape index (κ2) is 11.5. The molecule has 27 heavy (non-hydrogen) atoms. The Morgan fingerprint density at radius 3 is 2.52 bits per heavy atom. The van der Waals surface area contributed by atoms with Crippen molar-refractivity contribution in [3.05, 3.63) is 48.3 Å². The van der Waals surface area contributed by atoms with Gasteiger partial charge in [-0.05, 0) is 30.7 Å². The molecule has 0 radical (unpaired) electrons. The molecular formula is C19H25FIN3O3. The third-order valence-electron chi connectivity index (χ3n) is 3.68. The van der Waals surface area contributed by atoms with Gasteiger partial charge in [0.05, 0.1) is 20.8 Å². The van der Waals surface area contributed by atoms with Crippen LogP contribution in [0, 0.1) is 5.82 Å². The molecule has 3 N–H and O–H groups in total. The zero-order chi connectivity index (χ0) is 18.9. The van der Waals surface area contributed by atoms with E-state index >= 15 is 0 Å². The lowest BCUT2D eigenvalue weighted by Crippen LogP contribution is -2.26. The monoisotopic (exact) mass is 489 g/mol. The van der Waals surface area contributed by atoms with Gasteiger partial charge in [0.1, 0.15) is 17.7 Å². The van der Waals surface area contributed by atoms with Crippen LogP contribution in [0.5, 0.6) is 17.2 Å².